The topological polar surface area (TPSA) is 81.4 Å². The van der Waals surface area contributed by atoms with Crippen molar-refractivity contribution in [2.24, 2.45) is 5.92 Å². The normalized spacial score (nSPS) is 12.3. The van der Waals surface area contributed by atoms with Gasteiger partial charge in [-0.2, -0.15) is 0 Å². The number of esters is 1. The summed E-state index contributed by atoms with van der Waals surface area (Å²) in [6, 6.07) is -0.614. The van der Waals surface area contributed by atoms with Crippen LogP contribution in [0.2, 0.25) is 0 Å². The Morgan fingerprint density at radius 2 is 2.00 bits per heavy atom. The molecule has 0 aliphatic carbocycles. The van der Waals surface area contributed by atoms with Gasteiger partial charge in [0.05, 0.1) is 12.8 Å². The van der Waals surface area contributed by atoms with Crippen LogP contribution in [0.1, 0.15) is 37.3 Å². The van der Waals surface area contributed by atoms with Gasteiger partial charge < -0.3 is 14.6 Å². The number of carbonyl (C=O) groups excluding carboxylic acids is 2. The molecule has 1 amide bonds. The summed E-state index contributed by atoms with van der Waals surface area (Å²) in [7, 11) is 1.31. The molecule has 0 radical (unpaired) electrons. The second kappa shape index (κ2) is 7.07. The van der Waals surface area contributed by atoms with E-state index >= 15 is 0 Å². The van der Waals surface area contributed by atoms with E-state index in [1.165, 1.54) is 7.11 Å². The molecule has 0 spiro atoms. The lowest BCUT2D eigenvalue weighted by Crippen LogP contribution is -2.45. The molecule has 1 atom stereocenters. The van der Waals surface area contributed by atoms with Crippen molar-refractivity contribution < 1.29 is 18.8 Å². The smallest absolute Gasteiger partial charge is 0.328 e. The predicted octanol–water partition coefficient (Wildman–Crippen LogP) is 1.54. The zero-order valence-electron chi connectivity index (χ0n) is 12.6. The minimum atomic E-state index is -0.614. The third-order valence-electron chi connectivity index (χ3n) is 3.22. The molecule has 1 N–H and O–H groups in total. The number of hydrogen-bond acceptors (Lipinski definition) is 5. The molecule has 1 heterocycles. The zero-order valence-corrected chi connectivity index (χ0v) is 12.6. The Balaban J connectivity index is 2.57. The Morgan fingerprint density at radius 1 is 1.35 bits per heavy atom. The van der Waals surface area contributed by atoms with Crippen LogP contribution in [0, 0.1) is 19.8 Å². The molecule has 6 nitrogen and oxygen atoms in total. The van der Waals surface area contributed by atoms with Crippen molar-refractivity contribution in [1.82, 2.24) is 10.5 Å². The van der Waals surface area contributed by atoms with Gasteiger partial charge in [0.1, 0.15) is 11.8 Å². The standard InChI is InChI=1S/C14H22N2O4/c1-8(2)13(14(18)19-5)15-12(17)7-6-11-9(3)16-20-10(11)4/h8,13H,6-7H2,1-5H3,(H,15,17). The van der Waals surface area contributed by atoms with Gasteiger partial charge in [-0.25, -0.2) is 4.79 Å². The van der Waals surface area contributed by atoms with E-state index in [9.17, 15) is 9.59 Å². The highest BCUT2D eigenvalue weighted by Crippen LogP contribution is 2.14. The molecule has 112 valence electrons. The van der Waals surface area contributed by atoms with Gasteiger partial charge in [-0.05, 0) is 26.2 Å². The molecule has 1 unspecified atom stereocenters. The Kier molecular flexibility index (Phi) is 5.73. The van der Waals surface area contributed by atoms with Crippen molar-refractivity contribution in [3.8, 4) is 0 Å². The van der Waals surface area contributed by atoms with Crippen LogP contribution in [0.5, 0.6) is 0 Å². The van der Waals surface area contributed by atoms with E-state index in [2.05, 4.69) is 15.2 Å². The first-order chi connectivity index (χ1) is 9.36. The average Bonchev–Trinajstić information content (AvgIpc) is 2.72. The number of nitrogens with one attached hydrogen (secondary N) is 1. The molecular formula is C14H22N2O4. The van der Waals surface area contributed by atoms with Crippen LogP contribution in [0.25, 0.3) is 0 Å². The lowest BCUT2D eigenvalue weighted by molar-refractivity contribution is -0.146. The molecular weight excluding hydrogens is 260 g/mol. The van der Waals surface area contributed by atoms with Gasteiger partial charge in [0.2, 0.25) is 5.91 Å². The lowest BCUT2D eigenvalue weighted by Gasteiger charge is -2.19. The predicted molar refractivity (Wildman–Crippen MR) is 73.1 cm³/mol. The fourth-order valence-electron chi connectivity index (χ4n) is 1.97. The van der Waals surface area contributed by atoms with Gasteiger partial charge in [-0.15, -0.1) is 0 Å². The van der Waals surface area contributed by atoms with Gasteiger partial charge in [-0.3, -0.25) is 4.79 Å². The summed E-state index contributed by atoms with van der Waals surface area (Å²) in [6.07, 6.45) is 0.822. The van der Waals surface area contributed by atoms with E-state index in [0.29, 0.717) is 6.42 Å². The number of aryl methyl sites for hydroxylation is 2. The van der Waals surface area contributed by atoms with Crippen LogP contribution >= 0.6 is 0 Å². The monoisotopic (exact) mass is 282 g/mol. The van der Waals surface area contributed by atoms with E-state index in [1.807, 2.05) is 27.7 Å². The van der Waals surface area contributed by atoms with Crippen molar-refractivity contribution in [2.75, 3.05) is 7.11 Å². The van der Waals surface area contributed by atoms with Crippen LogP contribution in [0.15, 0.2) is 4.52 Å². The highest BCUT2D eigenvalue weighted by atomic mass is 16.5. The molecule has 0 saturated heterocycles. The summed E-state index contributed by atoms with van der Waals surface area (Å²) in [6.45, 7) is 7.38. The number of nitrogens with zero attached hydrogens (tertiary/aromatic N) is 1. The molecule has 20 heavy (non-hydrogen) atoms. The van der Waals surface area contributed by atoms with E-state index in [0.717, 1.165) is 17.0 Å². The summed E-state index contributed by atoms with van der Waals surface area (Å²) in [5.41, 5.74) is 1.74. The first-order valence-electron chi connectivity index (χ1n) is 6.65. The van der Waals surface area contributed by atoms with E-state index in [1.54, 1.807) is 0 Å². The Labute approximate surface area is 118 Å². The van der Waals surface area contributed by atoms with Gasteiger partial charge in [0.15, 0.2) is 0 Å². The first-order valence-corrected chi connectivity index (χ1v) is 6.65. The summed E-state index contributed by atoms with van der Waals surface area (Å²) in [5.74, 6) is 0.0916. The van der Waals surface area contributed by atoms with Crippen LogP contribution in [0.3, 0.4) is 0 Å². The molecule has 0 aliphatic heterocycles. The number of carbonyl (C=O) groups is 2. The minimum absolute atomic E-state index is 0.0227. The van der Waals surface area contributed by atoms with E-state index < -0.39 is 12.0 Å². The fraction of sp³-hybridized carbons (Fsp3) is 0.643. The largest absolute Gasteiger partial charge is 0.467 e. The van der Waals surface area contributed by atoms with Crippen molar-refractivity contribution in [3.05, 3.63) is 17.0 Å². The molecule has 0 bridgehead atoms. The summed E-state index contributed by atoms with van der Waals surface area (Å²) >= 11 is 0. The van der Waals surface area contributed by atoms with Gasteiger partial charge in [0.25, 0.3) is 0 Å². The van der Waals surface area contributed by atoms with Gasteiger partial charge in [-0.1, -0.05) is 19.0 Å². The second-order valence-electron chi connectivity index (χ2n) is 5.12. The van der Waals surface area contributed by atoms with Crippen molar-refractivity contribution >= 4 is 11.9 Å². The minimum Gasteiger partial charge on any atom is -0.467 e. The van der Waals surface area contributed by atoms with E-state index in [-0.39, 0.29) is 18.2 Å². The molecule has 6 heteroatoms. The number of hydrogen-bond donors (Lipinski definition) is 1. The van der Waals surface area contributed by atoms with Crippen LogP contribution in [-0.2, 0) is 20.7 Å². The maximum Gasteiger partial charge on any atom is 0.328 e. The second-order valence-corrected chi connectivity index (χ2v) is 5.12. The molecule has 0 aromatic carbocycles. The summed E-state index contributed by atoms with van der Waals surface area (Å²) in [4.78, 5) is 23.5. The van der Waals surface area contributed by atoms with Gasteiger partial charge >= 0.3 is 5.97 Å². The number of amides is 1. The Bertz CT molecular complexity index is 460. The maximum atomic E-state index is 11.9. The Hall–Kier alpha value is -1.85. The number of ether oxygens (including phenoxy) is 1. The van der Waals surface area contributed by atoms with Gasteiger partial charge in [0, 0.05) is 12.0 Å². The van der Waals surface area contributed by atoms with E-state index in [4.69, 9.17) is 4.52 Å². The third kappa shape index (κ3) is 4.08. The van der Waals surface area contributed by atoms with Crippen molar-refractivity contribution in [1.29, 1.82) is 0 Å². The molecule has 1 aromatic heterocycles. The molecule has 1 aromatic rings. The number of aromatic nitrogens is 1. The molecule has 0 saturated carbocycles. The summed E-state index contributed by atoms with van der Waals surface area (Å²) < 4.78 is 9.73. The molecule has 0 fully saturated rings. The number of rotatable bonds is 6. The lowest BCUT2D eigenvalue weighted by atomic mass is 10.0. The molecule has 0 aliphatic rings. The average molecular weight is 282 g/mol. The maximum absolute atomic E-state index is 11.9. The SMILES string of the molecule is COC(=O)C(NC(=O)CCc1c(C)noc1C)C(C)C. The van der Waals surface area contributed by atoms with Crippen LogP contribution < -0.4 is 5.32 Å². The summed E-state index contributed by atoms with van der Waals surface area (Å²) in [5, 5.41) is 6.55. The fourth-order valence-corrected chi connectivity index (χ4v) is 1.97. The quantitative estimate of drug-likeness (QED) is 0.800. The molecule has 1 rings (SSSR count). The van der Waals surface area contributed by atoms with Crippen LogP contribution in [0.4, 0.5) is 0 Å². The third-order valence-corrected chi connectivity index (χ3v) is 3.22. The van der Waals surface area contributed by atoms with Crippen molar-refractivity contribution in [2.45, 2.75) is 46.6 Å². The van der Waals surface area contributed by atoms with Crippen LogP contribution in [-0.4, -0.2) is 30.2 Å². The highest BCUT2D eigenvalue weighted by Gasteiger charge is 2.24. The highest BCUT2D eigenvalue weighted by molar-refractivity contribution is 5.84. The van der Waals surface area contributed by atoms with Crippen molar-refractivity contribution in [3.63, 3.8) is 0 Å². The zero-order chi connectivity index (χ0) is 15.3. The Morgan fingerprint density at radius 3 is 2.45 bits per heavy atom. The number of methoxy groups -OCH3 is 1. The first kappa shape index (κ1) is 16.2.